The summed E-state index contributed by atoms with van der Waals surface area (Å²) in [6, 6.07) is 7.25. The zero-order chi connectivity index (χ0) is 15.7. The molecule has 114 valence electrons. The molecule has 1 amide bonds. The van der Waals surface area contributed by atoms with Gasteiger partial charge in [0.1, 0.15) is 0 Å². The van der Waals surface area contributed by atoms with Crippen molar-refractivity contribution >= 4 is 30.1 Å². The molecule has 1 N–H and O–H groups in total. The van der Waals surface area contributed by atoms with Gasteiger partial charge in [-0.15, -0.1) is 11.6 Å². The molecule has 0 spiro atoms. The van der Waals surface area contributed by atoms with Crippen molar-refractivity contribution in [2.75, 3.05) is 12.4 Å². The number of amides is 1. The third-order valence-corrected chi connectivity index (χ3v) is 4.27. The van der Waals surface area contributed by atoms with Crippen molar-refractivity contribution < 1.29 is 14.1 Å². The molecule has 0 aliphatic carbocycles. The van der Waals surface area contributed by atoms with E-state index in [-0.39, 0.29) is 17.1 Å². The van der Waals surface area contributed by atoms with Crippen molar-refractivity contribution in [2.24, 2.45) is 0 Å². The molecule has 0 unspecified atom stereocenters. The standard InChI is InChI=1S/C15H21BClNO3/c1-14(2)15(3,4)21-16(20-14)12-7-5-11(6-8-12)13(19)18-10-9-17/h5-8H,9-10H2,1-4H3,(H,18,19). The molecule has 1 aromatic rings. The maximum atomic E-state index is 11.8. The van der Waals surface area contributed by atoms with Gasteiger partial charge in [0, 0.05) is 18.0 Å². The van der Waals surface area contributed by atoms with E-state index in [1.807, 2.05) is 39.8 Å². The van der Waals surface area contributed by atoms with Crippen LogP contribution in [0.15, 0.2) is 24.3 Å². The van der Waals surface area contributed by atoms with Crippen molar-refractivity contribution in [1.82, 2.24) is 5.32 Å². The number of hydrogen-bond acceptors (Lipinski definition) is 3. The highest BCUT2D eigenvalue weighted by atomic mass is 35.5. The molecule has 21 heavy (non-hydrogen) atoms. The second-order valence-electron chi connectivity index (χ2n) is 6.16. The second-order valence-corrected chi connectivity index (χ2v) is 6.53. The van der Waals surface area contributed by atoms with E-state index in [1.54, 1.807) is 12.1 Å². The van der Waals surface area contributed by atoms with Gasteiger partial charge in [-0.25, -0.2) is 0 Å². The number of hydrogen-bond donors (Lipinski definition) is 1. The third-order valence-electron chi connectivity index (χ3n) is 4.08. The molecule has 0 bridgehead atoms. The number of alkyl halides is 1. The van der Waals surface area contributed by atoms with Crippen LogP contribution in [-0.2, 0) is 9.31 Å². The van der Waals surface area contributed by atoms with Gasteiger partial charge in [-0.1, -0.05) is 12.1 Å². The number of rotatable bonds is 4. The van der Waals surface area contributed by atoms with Crippen molar-refractivity contribution in [3.8, 4) is 0 Å². The number of halogens is 1. The van der Waals surface area contributed by atoms with Crippen LogP contribution < -0.4 is 10.8 Å². The van der Waals surface area contributed by atoms with Gasteiger partial charge in [0.25, 0.3) is 5.91 Å². The van der Waals surface area contributed by atoms with Crippen molar-refractivity contribution in [2.45, 2.75) is 38.9 Å². The Morgan fingerprint density at radius 2 is 1.67 bits per heavy atom. The summed E-state index contributed by atoms with van der Waals surface area (Å²) >= 11 is 5.55. The fraction of sp³-hybridized carbons (Fsp3) is 0.533. The minimum Gasteiger partial charge on any atom is -0.399 e. The fourth-order valence-electron chi connectivity index (χ4n) is 2.03. The smallest absolute Gasteiger partial charge is 0.399 e. The van der Waals surface area contributed by atoms with E-state index >= 15 is 0 Å². The highest BCUT2D eigenvalue weighted by molar-refractivity contribution is 6.62. The Balaban J connectivity index is 2.09. The summed E-state index contributed by atoms with van der Waals surface area (Å²) in [6.45, 7) is 8.52. The van der Waals surface area contributed by atoms with E-state index in [4.69, 9.17) is 20.9 Å². The molecule has 4 nitrogen and oxygen atoms in total. The fourth-order valence-corrected chi connectivity index (χ4v) is 2.13. The van der Waals surface area contributed by atoms with Crippen molar-refractivity contribution in [3.05, 3.63) is 29.8 Å². The molecule has 2 rings (SSSR count). The Morgan fingerprint density at radius 3 is 2.14 bits per heavy atom. The number of benzene rings is 1. The van der Waals surface area contributed by atoms with Crippen molar-refractivity contribution in [1.29, 1.82) is 0 Å². The van der Waals surface area contributed by atoms with Crippen LogP contribution in [0.4, 0.5) is 0 Å². The lowest BCUT2D eigenvalue weighted by Gasteiger charge is -2.32. The lowest BCUT2D eigenvalue weighted by atomic mass is 9.79. The predicted octanol–water partition coefficient (Wildman–Crippen LogP) is 1.95. The summed E-state index contributed by atoms with van der Waals surface area (Å²) in [7, 11) is -0.407. The second kappa shape index (κ2) is 5.99. The van der Waals surface area contributed by atoms with E-state index in [0.29, 0.717) is 18.0 Å². The lowest BCUT2D eigenvalue weighted by Crippen LogP contribution is -2.41. The monoisotopic (exact) mass is 309 g/mol. The largest absolute Gasteiger partial charge is 0.494 e. The Kier molecular flexibility index (Phi) is 4.66. The van der Waals surface area contributed by atoms with Crippen molar-refractivity contribution in [3.63, 3.8) is 0 Å². The van der Waals surface area contributed by atoms with E-state index in [9.17, 15) is 4.79 Å². The van der Waals surface area contributed by atoms with Crippen LogP contribution in [0.3, 0.4) is 0 Å². The topological polar surface area (TPSA) is 47.6 Å². The van der Waals surface area contributed by atoms with E-state index in [1.165, 1.54) is 0 Å². The normalized spacial score (nSPS) is 19.6. The van der Waals surface area contributed by atoms with Gasteiger partial charge in [-0.2, -0.15) is 0 Å². The molecule has 1 heterocycles. The Morgan fingerprint density at radius 1 is 1.14 bits per heavy atom. The predicted molar refractivity (Wildman–Crippen MR) is 85.2 cm³/mol. The molecule has 1 aliphatic rings. The van der Waals surface area contributed by atoms with Gasteiger partial charge < -0.3 is 14.6 Å². The minimum atomic E-state index is -0.407. The van der Waals surface area contributed by atoms with Crippen LogP contribution in [0.25, 0.3) is 0 Å². The molecule has 0 radical (unpaired) electrons. The van der Waals surface area contributed by atoms with Crippen LogP contribution in [-0.4, -0.2) is 36.7 Å². The molecule has 1 saturated heterocycles. The molecule has 1 aliphatic heterocycles. The molecule has 6 heteroatoms. The van der Waals surface area contributed by atoms with Crippen LogP contribution in [0.2, 0.25) is 0 Å². The summed E-state index contributed by atoms with van der Waals surface area (Å²) < 4.78 is 12.0. The SMILES string of the molecule is CC1(C)OB(c2ccc(C(=O)NCCCl)cc2)OC1(C)C. The molecule has 1 aromatic carbocycles. The molecule has 0 aromatic heterocycles. The number of carbonyl (C=O) groups excluding carboxylic acids is 1. The summed E-state index contributed by atoms with van der Waals surface area (Å²) in [5.41, 5.74) is 0.769. The van der Waals surface area contributed by atoms with Gasteiger partial charge in [-0.05, 0) is 45.3 Å². The van der Waals surface area contributed by atoms with Crippen LogP contribution in [0.1, 0.15) is 38.1 Å². The van der Waals surface area contributed by atoms with E-state index in [0.717, 1.165) is 5.46 Å². The van der Waals surface area contributed by atoms with Crippen LogP contribution in [0.5, 0.6) is 0 Å². The Bertz CT molecular complexity index is 500. The average Bonchev–Trinajstić information content (AvgIpc) is 2.65. The maximum Gasteiger partial charge on any atom is 0.494 e. The zero-order valence-electron chi connectivity index (χ0n) is 12.9. The molecule has 0 atom stereocenters. The van der Waals surface area contributed by atoms with Gasteiger partial charge in [0.05, 0.1) is 11.2 Å². The summed E-state index contributed by atoms with van der Waals surface area (Å²) in [6.07, 6.45) is 0. The minimum absolute atomic E-state index is 0.129. The molecule has 0 saturated carbocycles. The number of nitrogens with one attached hydrogen (secondary N) is 1. The van der Waals surface area contributed by atoms with Crippen LogP contribution >= 0.6 is 11.6 Å². The highest BCUT2D eigenvalue weighted by Crippen LogP contribution is 2.36. The van der Waals surface area contributed by atoms with Gasteiger partial charge in [0.15, 0.2) is 0 Å². The Hall–Kier alpha value is -1.04. The first kappa shape index (κ1) is 16.3. The lowest BCUT2D eigenvalue weighted by molar-refractivity contribution is 0.00578. The highest BCUT2D eigenvalue weighted by Gasteiger charge is 2.51. The quantitative estimate of drug-likeness (QED) is 0.683. The Labute approximate surface area is 131 Å². The zero-order valence-corrected chi connectivity index (χ0v) is 13.7. The first-order valence-electron chi connectivity index (χ1n) is 7.06. The molecular weight excluding hydrogens is 288 g/mol. The summed E-state index contributed by atoms with van der Waals surface area (Å²) in [5, 5.41) is 2.73. The number of carbonyl (C=O) groups is 1. The van der Waals surface area contributed by atoms with Gasteiger partial charge >= 0.3 is 7.12 Å². The summed E-state index contributed by atoms with van der Waals surface area (Å²) in [5.74, 6) is 0.272. The first-order chi connectivity index (χ1) is 9.77. The molecule has 1 fully saturated rings. The van der Waals surface area contributed by atoms with Crippen LogP contribution in [0, 0.1) is 0 Å². The summed E-state index contributed by atoms with van der Waals surface area (Å²) in [4.78, 5) is 11.8. The third kappa shape index (κ3) is 3.42. The van der Waals surface area contributed by atoms with E-state index < -0.39 is 7.12 Å². The van der Waals surface area contributed by atoms with Gasteiger partial charge in [-0.3, -0.25) is 4.79 Å². The van der Waals surface area contributed by atoms with Gasteiger partial charge in [0.2, 0.25) is 0 Å². The average molecular weight is 310 g/mol. The first-order valence-corrected chi connectivity index (χ1v) is 7.60. The van der Waals surface area contributed by atoms with E-state index in [2.05, 4.69) is 5.32 Å². The molecular formula is C15H21BClNO3. The maximum absolute atomic E-state index is 11.8.